The van der Waals surface area contributed by atoms with Crippen molar-refractivity contribution < 1.29 is 18.3 Å². The molecule has 1 amide bonds. The number of benzene rings is 1. The van der Waals surface area contributed by atoms with E-state index in [1.54, 1.807) is 0 Å². The first-order valence-corrected chi connectivity index (χ1v) is 9.35. The first-order chi connectivity index (χ1) is 10.4. The van der Waals surface area contributed by atoms with Crippen LogP contribution in [0.4, 0.5) is 0 Å². The Hall–Kier alpha value is -1.56. The molecule has 1 N–H and O–H groups in total. The number of carbonyl (C=O) groups is 1. The molecule has 2 aliphatic rings. The first kappa shape index (κ1) is 15.3. The Morgan fingerprint density at radius 2 is 1.82 bits per heavy atom. The van der Waals surface area contributed by atoms with E-state index in [1.807, 2.05) is 4.90 Å². The van der Waals surface area contributed by atoms with Crippen molar-refractivity contribution in [2.24, 2.45) is 5.41 Å². The van der Waals surface area contributed by atoms with E-state index in [1.165, 1.54) is 24.3 Å². The summed E-state index contributed by atoms with van der Waals surface area (Å²) in [6.07, 6.45) is 4.24. The third-order valence-corrected chi connectivity index (χ3v) is 6.58. The number of amides is 1. The molecule has 1 saturated carbocycles. The van der Waals surface area contributed by atoms with Crippen molar-refractivity contribution in [2.75, 3.05) is 18.8 Å². The van der Waals surface area contributed by atoms with E-state index < -0.39 is 9.84 Å². The van der Waals surface area contributed by atoms with Crippen LogP contribution in [-0.2, 0) is 14.6 Å². The first-order valence-electron chi connectivity index (χ1n) is 7.70. The standard InChI is InChI=1S/C16H21NO4S/c18-13-4-6-14(7-5-13)22(20,21)12-16(8-9-16)11-17-10-2-1-3-15(17)19/h4-7,18H,1-3,8-12H2. The largest absolute Gasteiger partial charge is 0.508 e. The monoisotopic (exact) mass is 323 g/mol. The van der Waals surface area contributed by atoms with Crippen molar-refractivity contribution in [3.8, 4) is 5.75 Å². The predicted molar refractivity (Wildman–Crippen MR) is 82.3 cm³/mol. The maximum absolute atomic E-state index is 12.5. The molecular formula is C16H21NO4S. The van der Waals surface area contributed by atoms with Gasteiger partial charge in [0.2, 0.25) is 5.91 Å². The minimum Gasteiger partial charge on any atom is -0.508 e. The van der Waals surface area contributed by atoms with Crippen molar-refractivity contribution in [3.05, 3.63) is 24.3 Å². The van der Waals surface area contributed by atoms with Gasteiger partial charge in [-0.3, -0.25) is 4.79 Å². The van der Waals surface area contributed by atoms with Crippen molar-refractivity contribution >= 4 is 15.7 Å². The highest BCUT2D eigenvalue weighted by Crippen LogP contribution is 2.48. The minimum atomic E-state index is -3.39. The molecule has 1 aromatic rings. The number of hydrogen-bond donors (Lipinski definition) is 1. The summed E-state index contributed by atoms with van der Waals surface area (Å²) in [5.41, 5.74) is -0.274. The van der Waals surface area contributed by atoms with Gasteiger partial charge in [0, 0.05) is 24.9 Å². The zero-order valence-electron chi connectivity index (χ0n) is 12.5. The summed E-state index contributed by atoms with van der Waals surface area (Å²) >= 11 is 0. The molecule has 3 rings (SSSR count). The van der Waals surface area contributed by atoms with Crippen LogP contribution in [0.25, 0.3) is 0 Å². The van der Waals surface area contributed by atoms with Crippen molar-refractivity contribution in [3.63, 3.8) is 0 Å². The van der Waals surface area contributed by atoms with Gasteiger partial charge in [-0.05, 0) is 49.9 Å². The lowest BCUT2D eigenvalue weighted by Gasteiger charge is -2.30. The summed E-state index contributed by atoms with van der Waals surface area (Å²) in [6, 6.07) is 5.65. The summed E-state index contributed by atoms with van der Waals surface area (Å²) in [4.78, 5) is 14.0. The predicted octanol–water partition coefficient (Wildman–Crippen LogP) is 1.96. The van der Waals surface area contributed by atoms with Gasteiger partial charge in [-0.15, -0.1) is 0 Å². The lowest BCUT2D eigenvalue weighted by molar-refractivity contribution is -0.134. The Labute approximate surface area is 130 Å². The SMILES string of the molecule is O=C1CCCCN1CC1(CS(=O)(=O)c2ccc(O)cc2)CC1. The zero-order chi connectivity index (χ0) is 15.8. The molecule has 0 unspecified atom stereocenters. The molecule has 0 radical (unpaired) electrons. The fourth-order valence-corrected chi connectivity index (χ4v) is 5.00. The Morgan fingerprint density at radius 1 is 1.14 bits per heavy atom. The van der Waals surface area contributed by atoms with E-state index in [4.69, 9.17) is 0 Å². The lowest BCUT2D eigenvalue weighted by atomic mass is 10.1. The molecule has 120 valence electrons. The molecule has 1 heterocycles. The maximum Gasteiger partial charge on any atom is 0.222 e. The van der Waals surface area contributed by atoms with Crippen LogP contribution in [0.2, 0.25) is 0 Å². The van der Waals surface area contributed by atoms with Gasteiger partial charge < -0.3 is 10.0 Å². The number of carbonyl (C=O) groups excluding carboxylic acids is 1. The van der Waals surface area contributed by atoms with Crippen LogP contribution in [0.5, 0.6) is 5.75 Å². The third kappa shape index (κ3) is 3.27. The summed E-state index contributed by atoms with van der Waals surface area (Å²) in [7, 11) is -3.39. The van der Waals surface area contributed by atoms with Gasteiger partial charge in [0.05, 0.1) is 10.6 Å². The Balaban J connectivity index is 1.71. The smallest absolute Gasteiger partial charge is 0.222 e. The summed E-state index contributed by atoms with van der Waals surface area (Å²) in [5, 5.41) is 9.27. The molecule has 5 nitrogen and oxygen atoms in total. The molecule has 6 heteroatoms. The fraction of sp³-hybridized carbons (Fsp3) is 0.562. The molecule has 0 aromatic heterocycles. The zero-order valence-corrected chi connectivity index (χ0v) is 13.3. The van der Waals surface area contributed by atoms with Crippen LogP contribution >= 0.6 is 0 Å². The van der Waals surface area contributed by atoms with E-state index in [0.29, 0.717) is 13.0 Å². The molecule has 22 heavy (non-hydrogen) atoms. The van der Waals surface area contributed by atoms with Crippen LogP contribution in [0, 0.1) is 5.41 Å². The van der Waals surface area contributed by atoms with E-state index in [-0.39, 0.29) is 27.7 Å². The highest BCUT2D eigenvalue weighted by atomic mass is 32.2. The maximum atomic E-state index is 12.5. The Kier molecular flexibility index (Phi) is 3.89. The number of rotatable bonds is 5. The second-order valence-corrected chi connectivity index (χ2v) is 8.51. The normalized spacial score (nSPS) is 20.9. The number of sulfone groups is 1. The molecule has 2 fully saturated rings. The highest BCUT2D eigenvalue weighted by Gasteiger charge is 2.48. The number of phenols is 1. The quantitative estimate of drug-likeness (QED) is 0.899. The van der Waals surface area contributed by atoms with E-state index in [0.717, 1.165) is 32.2 Å². The molecule has 0 spiro atoms. The van der Waals surface area contributed by atoms with Gasteiger partial charge in [-0.2, -0.15) is 0 Å². The van der Waals surface area contributed by atoms with Crippen molar-refractivity contribution in [1.29, 1.82) is 0 Å². The van der Waals surface area contributed by atoms with Crippen LogP contribution in [0.1, 0.15) is 32.1 Å². The lowest BCUT2D eigenvalue weighted by Crippen LogP contribution is -2.41. The van der Waals surface area contributed by atoms with Crippen LogP contribution < -0.4 is 0 Å². The number of aromatic hydroxyl groups is 1. The van der Waals surface area contributed by atoms with Gasteiger partial charge >= 0.3 is 0 Å². The summed E-state index contributed by atoms with van der Waals surface area (Å²) in [5.74, 6) is 0.285. The van der Waals surface area contributed by atoms with Gasteiger partial charge in [0.1, 0.15) is 5.75 Å². The third-order valence-electron chi connectivity index (χ3n) is 4.60. The number of phenolic OH excluding ortho intramolecular Hbond substituents is 1. The van der Waals surface area contributed by atoms with Gasteiger partial charge in [0.25, 0.3) is 0 Å². The summed E-state index contributed by atoms with van der Waals surface area (Å²) in [6.45, 7) is 1.31. The molecule has 1 saturated heterocycles. The van der Waals surface area contributed by atoms with Gasteiger partial charge in [0.15, 0.2) is 9.84 Å². The second-order valence-electron chi connectivity index (χ2n) is 6.53. The number of hydrogen-bond acceptors (Lipinski definition) is 4. The topological polar surface area (TPSA) is 74.7 Å². The van der Waals surface area contributed by atoms with Crippen LogP contribution in [0.3, 0.4) is 0 Å². The molecule has 1 aliphatic heterocycles. The van der Waals surface area contributed by atoms with Crippen molar-refractivity contribution in [1.82, 2.24) is 4.90 Å². The molecule has 1 aromatic carbocycles. The molecule has 0 atom stereocenters. The average molecular weight is 323 g/mol. The van der Waals surface area contributed by atoms with Crippen LogP contribution in [0.15, 0.2) is 29.2 Å². The average Bonchev–Trinajstić information content (AvgIpc) is 3.20. The molecular weight excluding hydrogens is 302 g/mol. The highest BCUT2D eigenvalue weighted by molar-refractivity contribution is 7.91. The Morgan fingerprint density at radius 3 is 2.41 bits per heavy atom. The minimum absolute atomic E-state index is 0.0546. The number of nitrogens with zero attached hydrogens (tertiary/aromatic N) is 1. The van der Waals surface area contributed by atoms with Gasteiger partial charge in [-0.25, -0.2) is 8.42 Å². The fourth-order valence-electron chi connectivity index (χ4n) is 3.10. The molecule has 0 bridgehead atoms. The van der Waals surface area contributed by atoms with Crippen LogP contribution in [-0.4, -0.2) is 43.2 Å². The van der Waals surface area contributed by atoms with Crippen molar-refractivity contribution in [2.45, 2.75) is 37.0 Å². The number of piperidine rings is 1. The number of likely N-dealkylation sites (tertiary alicyclic amines) is 1. The Bertz CT molecular complexity index is 662. The van der Waals surface area contributed by atoms with E-state index in [2.05, 4.69) is 0 Å². The molecule has 1 aliphatic carbocycles. The van der Waals surface area contributed by atoms with Gasteiger partial charge in [-0.1, -0.05) is 0 Å². The van der Waals surface area contributed by atoms with E-state index in [9.17, 15) is 18.3 Å². The second kappa shape index (κ2) is 5.57. The van der Waals surface area contributed by atoms with E-state index >= 15 is 0 Å². The summed E-state index contributed by atoms with van der Waals surface area (Å²) < 4.78 is 25.1.